The summed E-state index contributed by atoms with van der Waals surface area (Å²) < 4.78 is 10.5. The van der Waals surface area contributed by atoms with E-state index in [0.29, 0.717) is 18.2 Å². The van der Waals surface area contributed by atoms with E-state index in [1.54, 1.807) is 14.2 Å². The smallest absolute Gasteiger partial charge is 0.223 e. The van der Waals surface area contributed by atoms with Crippen molar-refractivity contribution in [1.29, 1.82) is 0 Å². The molecule has 1 saturated heterocycles. The van der Waals surface area contributed by atoms with E-state index in [2.05, 4.69) is 6.92 Å². The molecule has 4 nitrogen and oxygen atoms in total. The zero-order valence-electron chi connectivity index (χ0n) is 13.2. The van der Waals surface area contributed by atoms with Crippen molar-refractivity contribution in [2.75, 3.05) is 20.8 Å². The van der Waals surface area contributed by atoms with Crippen LogP contribution >= 0.6 is 0 Å². The molecule has 0 spiro atoms. The van der Waals surface area contributed by atoms with Gasteiger partial charge in [-0.25, -0.2) is 0 Å². The standard InChI is InChI=1S/C17H25NO3/c1-13-6-4-5-11-18(13)17(19)10-8-14-7-9-15(20-2)16(12-14)21-3/h7,9,12-13H,4-6,8,10-11H2,1-3H3. The maximum atomic E-state index is 12.3. The van der Waals surface area contributed by atoms with Gasteiger partial charge in [-0.05, 0) is 50.3 Å². The molecule has 0 radical (unpaired) electrons. The first-order valence-corrected chi connectivity index (χ1v) is 7.66. The normalized spacial score (nSPS) is 18.4. The molecule has 0 aliphatic carbocycles. The van der Waals surface area contributed by atoms with Crippen molar-refractivity contribution in [2.45, 2.75) is 45.1 Å². The summed E-state index contributed by atoms with van der Waals surface area (Å²) in [5, 5.41) is 0. The van der Waals surface area contributed by atoms with Crippen molar-refractivity contribution in [3.63, 3.8) is 0 Å². The van der Waals surface area contributed by atoms with Crippen LogP contribution in [0.5, 0.6) is 11.5 Å². The van der Waals surface area contributed by atoms with Crippen molar-refractivity contribution in [3.05, 3.63) is 23.8 Å². The van der Waals surface area contributed by atoms with Crippen LogP contribution in [-0.2, 0) is 11.2 Å². The molecular weight excluding hydrogens is 266 g/mol. The first kappa shape index (κ1) is 15.7. The Hall–Kier alpha value is -1.71. The number of methoxy groups -OCH3 is 2. The molecular formula is C17H25NO3. The summed E-state index contributed by atoms with van der Waals surface area (Å²) in [4.78, 5) is 14.4. The van der Waals surface area contributed by atoms with Crippen molar-refractivity contribution >= 4 is 5.91 Å². The number of ether oxygens (including phenoxy) is 2. The monoisotopic (exact) mass is 291 g/mol. The first-order valence-electron chi connectivity index (χ1n) is 7.66. The second-order valence-electron chi connectivity index (χ2n) is 5.62. The predicted molar refractivity (Wildman–Crippen MR) is 82.9 cm³/mol. The highest BCUT2D eigenvalue weighted by Gasteiger charge is 2.22. The molecule has 21 heavy (non-hydrogen) atoms. The maximum absolute atomic E-state index is 12.3. The number of benzene rings is 1. The first-order chi connectivity index (χ1) is 10.2. The summed E-state index contributed by atoms with van der Waals surface area (Å²) in [6.45, 7) is 3.05. The second kappa shape index (κ2) is 7.34. The minimum atomic E-state index is 0.261. The number of hydrogen-bond acceptors (Lipinski definition) is 3. The van der Waals surface area contributed by atoms with Crippen LogP contribution in [0.15, 0.2) is 18.2 Å². The molecule has 1 atom stereocenters. The summed E-state index contributed by atoms with van der Waals surface area (Å²) in [5.41, 5.74) is 1.10. The highest BCUT2D eigenvalue weighted by atomic mass is 16.5. The van der Waals surface area contributed by atoms with Gasteiger partial charge in [0.1, 0.15) is 0 Å². The predicted octanol–water partition coefficient (Wildman–Crippen LogP) is 3.04. The number of nitrogens with zero attached hydrogens (tertiary/aromatic N) is 1. The van der Waals surface area contributed by atoms with Gasteiger partial charge >= 0.3 is 0 Å². The number of amides is 1. The molecule has 2 rings (SSSR count). The third-order valence-electron chi connectivity index (χ3n) is 4.20. The van der Waals surface area contributed by atoms with Crippen LogP contribution in [-0.4, -0.2) is 37.6 Å². The zero-order valence-corrected chi connectivity index (χ0v) is 13.2. The van der Waals surface area contributed by atoms with Crippen molar-refractivity contribution in [3.8, 4) is 11.5 Å². The minimum Gasteiger partial charge on any atom is -0.493 e. The molecule has 1 aliphatic heterocycles. The molecule has 1 aromatic carbocycles. The van der Waals surface area contributed by atoms with E-state index in [9.17, 15) is 4.79 Å². The molecule has 1 unspecified atom stereocenters. The molecule has 0 N–H and O–H groups in total. The lowest BCUT2D eigenvalue weighted by Gasteiger charge is -2.33. The summed E-state index contributed by atoms with van der Waals surface area (Å²) >= 11 is 0. The Bertz CT molecular complexity index is 487. The van der Waals surface area contributed by atoms with E-state index >= 15 is 0 Å². The van der Waals surface area contributed by atoms with Gasteiger partial charge in [-0.1, -0.05) is 6.07 Å². The Morgan fingerprint density at radius 3 is 2.67 bits per heavy atom. The zero-order chi connectivity index (χ0) is 15.2. The van der Waals surface area contributed by atoms with Gasteiger partial charge in [0.15, 0.2) is 11.5 Å². The Labute approximate surface area is 127 Å². The number of aryl methyl sites for hydroxylation is 1. The van der Waals surface area contributed by atoms with E-state index in [4.69, 9.17) is 9.47 Å². The fraction of sp³-hybridized carbons (Fsp3) is 0.588. The number of piperidine rings is 1. The van der Waals surface area contributed by atoms with Crippen LogP contribution in [0.4, 0.5) is 0 Å². The third kappa shape index (κ3) is 3.90. The van der Waals surface area contributed by atoms with Crippen LogP contribution in [0, 0.1) is 0 Å². The summed E-state index contributed by atoms with van der Waals surface area (Å²) in [7, 11) is 3.25. The highest BCUT2D eigenvalue weighted by molar-refractivity contribution is 5.76. The average molecular weight is 291 g/mol. The van der Waals surface area contributed by atoms with Crippen LogP contribution in [0.25, 0.3) is 0 Å². The van der Waals surface area contributed by atoms with Gasteiger partial charge in [-0.3, -0.25) is 4.79 Å². The van der Waals surface area contributed by atoms with Crippen molar-refractivity contribution in [2.24, 2.45) is 0 Å². The molecule has 1 amide bonds. The van der Waals surface area contributed by atoms with Crippen molar-refractivity contribution in [1.82, 2.24) is 4.90 Å². The lowest BCUT2D eigenvalue weighted by molar-refractivity contribution is -0.134. The Kier molecular flexibility index (Phi) is 5.48. The Morgan fingerprint density at radius 1 is 1.24 bits per heavy atom. The van der Waals surface area contributed by atoms with Gasteiger partial charge in [-0.15, -0.1) is 0 Å². The summed E-state index contributed by atoms with van der Waals surface area (Å²) in [5.74, 6) is 1.70. The Morgan fingerprint density at radius 2 is 2.00 bits per heavy atom. The molecule has 1 aromatic rings. The summed E-state index contributed by atoms with van der Waals surface area (Å²) in [6, 6.07) is 6.22. The van der Waals surface area contributed by atoms with Gasteiger partial charge < -0.3 is 14.4 Å². The van der Waals surface area contributed by atoms with Crippen LogP contribution in [0.3, 0.4) is 0 Å². The highest BCUT2D eigenvalue weighted by Crippen LogP contribution is 2.28. The number of carbonyl (C=O) groups excluding carboxylic acids is 1. The van der Waals surface area contributed by atoms with E-state index in [0.717, 1.165) is 37.1 Å². The van der Waals surface area contributed by atoms with Crippen LogP contribution in [0.2, 0.25) is 0 Å². The van der Waals surface area contributed by atoms with Gasteiger partial charge in [0.2, 0.25) is 5.91 Å². The largest absolute Gasteiger partial charge is 0.493 e. The second-order valence-corrected chi connectivity index (χ2v) is 5.62. The minimum absolute atomic E-state index is 0.261. The number of rotatable bonds is 5. The Balaban J connectivity index is 1.94. The van der Waals surface area contributed by atoms with Gasteiger partial charge in [-0.2, -0.15) is 0 Å². The fourth-order valence-corrected chi connectivity index (χ4v) is 2.90. The lowest BCUT2D eigenvalue weighted by Crippen LogP contribution is -2.42. The van der Waals surface area contributed by atoms with E-state index < -0.39 is 0 Å². The number of hydrogen-bond donors (Lipinski definition) is 0. The molecule has 1 aliphatic rings. The third-order valence-corrected chi connectivity index (χ3v) is 4.20. The van der Waals surface area contributed by atoms with Crippen LogP contribution < -0.4 is 9.47 Å². The molecule has 1 heterocycles. The lowest BCUT2D eigenvalue weighted by atomic mass is 10.0. The topological polar surface area (TPSA) is 38.8 Å². The van der Waals surface area contributed by atoms with E-state index in [1.165, 1.54) is 6.42 Å². The molecule has 0 bridgehead atoms. The molecule has 0 saturated carbocycles. The van der Waals surface area contributed by atoms with Crippen molar-refractivity contribution < 1.29 is 14.3 Å². The SMILES string of the molecule is COc1ccc(CCC(=O)N2CCCCC2C)cc1OC. The molecule has 1 fully saturated rings. The van der Waals surface area contributed by atoms with E-state index in [1.807, 2.05) is 23.1 Å². The summed E-state index contributed by atoms with van der Waals surface area (Å²) in [6.07, 6.45) is 4.79. The van der Waals surface area contributed by atoms with Gasteiger partial charge in [0.25, 0.3) is 0 Å². The van der Waals surface area contributed by atoms with Crippen LogP contribution in [0.1, 0.15) is 38.2 Å². The molecule has 0 aromatic heterocycles. The van der Waals surface area contributed by atoms with Gasteiger partial charge in [0, 0.05) is 19.0 Å². The maximum Gasteiger partial charge on any atom is 0.223 e. The van der Waals surface area contributed by atoms with Gasteiger partial charge in [0.05, 0.1) is 14.2 Å². The molecule has 116 valence electrons. The number of carbonyl (C=O) groups is 1. The number of likely N-dealkylation sites (tertiary alicyclic amines) is 1. The average Bonchev–Trinajstić information content (AvgIpc) is 2.52. The van der Waals surface area contributed by atoms with E-state index in [-0.39, 0.29) is 5.91 Å². The fourth-order valence-electron chi connectivity index (χ4n) is 2.90. The quantitative estimate of drug-likeness (QED) is 0.837. The molecule has 4 heteroatoms.